The maximum absolute atomic E-state index is 11.5. The second-order valence-corrected chi connectivity index (χ2v) is 9.43. The minimum Gasteiger partial charge on any atom is -0.481 e. The Morgan fingerprint density at radius 3 is 1.70 bits per heavy atom. The first-order valence-corrected chi connectivity index (χ1v) is 12.5. The SMILES string of the molecule is CC(CCCCCCC(=O)O)CCCCC(C)CCCCCCC(=O)OCC1CO1. The van der Waals surface area contributed by atoms with Gasteiger partial charge in [-0.3, -0.25) is 9.59 Å². The number of unbranched alkanes of at least 4 members (excludes halogenated alkanes) is 7. The van der Waals surface area contributed by atoms with E-state index in [9.17, 15) is 9.59 Å². The maximum Gasteiger partial charge on any atom is 0.305 e. The van der Waals surface area contributed by atoms with Gasteiger partial charge in [0.15, 0.2) is 0 Å². The van der Waals surface area contributed by atoms with Crippen LogP contribution in [-0.2, 0) is 19.1 Å². The van der Waals surface area contributed by atoms with Gasteiger partial charge in [0.2, 0.25) is 0 Å². The van der Waals surface area contributed by atoms with Gasteiger partial charge < -0.3 is 14.6 Å². The van der Waals surface area contributed by atoms with Gasteiger partial charge >= 0.3 is 11.9 Å². The Balaban J connectivity index is 1.81. The van der Waals surface area contributed by atoms with Crippen LogP contribution in [0.1, 0.15) is 117 Å². The van der Waals surface area contributed by atoms with Gasteiger partial charge in [-0.15, -0.1) is 0 Å². The van der Waals surface area contributed by atoms with Gasteiger partial charge in [0.05, 0.1) is 6.61 Å². The molecule has 30 heavy (non-hydrogen) atoms. The van der Waals surface area contributed by atoms with Crippen LogP contribution in [-0.4, -0.2) is 36.4 Å². The first kappa shape index (κ1) is 26.9. The Labute approximate surface area is 184 Å². The second kappa shape index (κ2) is 17.6. The standard InChI is InChI=1S/C25H46O5/c1-21(13-7-3-5-9-17-24(26)27)15-11-12-16-22(2)14-8-4-6-10-18-25(28)30-20-23-19-29-23/h21-23H,3-20H2,1-2H3,(H,26,27). The van der Waals surface area contributed by atoms with Crippen molar-refractivity contribution in [1.29, 1.82) is 0 Å². The van der Waals surface area contributed by atoms with Crippen molar-refractivity contribution >= 4 is 11.9 Å². The van der Waals surface area contributed by atoms with Gasteiger partial charge in [0.25, 0.3) is 0 Å². The van der Waals surface area contributed by atoms with Crippen LogP contribution in [0.4, 0.5) is 0 Å². The predicted molar refractivity (Wildman–Crippen MR) is 121 cm³/mol. The number of carboxylic acids is 1. The highest BCUT2D eigenvalue weighted by Crippen LogP contribution is 2.21. The van der Waals surface area contributed by atoms with Crippen LogP contribution in [0, 0.1) is 11.8 Å². The molecule has 0 radical (unpaired) electrons. The molecule has 0 amide bonds. The fourth-order valence-corrected chi connectivity index (χ4v) is 3.93. The fraction of sp³-hybridized carbons (Fsp3) is 0.920. The number of carboxylic acid groups (broad SMARTS) is 1. The molecule has 0 saturated carbocycles. The molecule has 1 N–H and O–H groups in total. The van der Waals surface area contributed by atoms with Crippen molar-refractivity contribution in [3.63, 3.8) is 0 Å². The minimum atomic E-state index is -0.671. The Morgan fingerprint density at radius 1 is 0.800 bits per heavy atom. The maximum atomic E-state index is 11.5. The minimum absolute atomic E-state index is 0.0775. The number of rotatable bonds is 21. The van der Waals surface area contributed by atoms with Gasteiger partial charge in [-0.05, 0) is 24.7 Å². The number of carbonyl (C=O) groups excluding carboxylic acids is 1. The quantitative estimate of drug-likeness (QED) is 0.128. The molecule has 1 aliphatic heterocycles. The van der Waals surface area contributed by atoms with Crippen LogP contribution >= 0.6 is 0 Å². The molecule has 176 valence electrons. The van der Waals surface area contributed by atoms with Crippen LogP contribution in [0.25, 0.3) is 0 Å². The van der Waals surface area contributed by atoms with E-state index >= 15 is 0 Å². The summed E-state index contributed by atoms with van der Waals surface area (Å²) in [6.07, 6.45) is 17.8. The van der Waals surface area contributed by atoms with Crippen molar-refractivity contribution in [1.82, 2.24) is 0 Å². The van der Waals surface area contributed by atoms with Gasteiger partial charge in [0.1, 0.15) is 12.7 Å². The Bertz CT molecular complexity index is 447. The first-order valence-electron chi connectivity index (χ1n) is 12.5. The first-order chi connectivity index (χ1) is 14.5. The summed E-state index contributed by atoms with van der Waals surface area (Å²) in [4.78, 5) is 22.0. The molecule has 1 fully saturated rings. The molecule has 1 saturated heterocycles. The van der Waals surface area contributed by atoms with Gasteiger partial charge in [-0.1, -0.05) is 90.9 Å². The summed E-state index contributed by atoms with van der Waals surface area (Å²) in [5.74, 6) is 0.849. The molecule has 5 heteroatoms. The second-order valence-electron chi connectivity index (χ2n) is 9.43. The Hall–Kier alpha value is -1.10. The molecule has 0 aromatic rings. The molecule has 0 spiro atoms. The summed E-state index contributed by atoms with van der Waals surface area (Å²) in [5.41, 5.74) is 0. The molecular formula is C25H46O5. The van der Waals surface area contributed by atoms with Crippen molar-refractivity contribution < 1.29 is 24.2 Å². The number of hydrogen-bond donors (Lipinski definition) is 1. The predicted octanol–water partition coefficient (Wildman–Crippen LogP) is 6.53. The summed E-state index contributed by atoms with van der Waals surface area (Å²) in [7, 11) is 0. The molecule has 5 nitrogen and oxygen atoms in total. The van der Waals surface area contributed by atoms with Crippen molar-refractivity contribution in [2.45, 2.75) is 123 Å². The average molecular weight is 427 g/mol. The number of carbonyl (C=O) groups is 2. The van der Waals surface area contributed by atoms with Crippen molar-refractivity contribution in [2.24, 2.45) is 11.8 Å². The van der Waals surface area contributed by atoms with Crippen molar-refractivity contribution in [3.8, 4) is 0 Å². The van der Waals surface area contributed by atoms with E-state index in [0.29, 0.717) is 19.4 Å². The van der Waals surface area contributed by atoms with E-state index < -0.39 is 5.97 Å². The zero-order valence-electron chi connectivity index (χ0n) is 19.5. The van der Waals surface area contributed by atoms with E-state index in [-0.39, 0.29) is 12.1 Å². The van der Waals surface area contributed by atoms with Gasteiger partial charge in [-0.2, -0.15) is 0 Å². The third-order valence-electron chi connectivity index (χ3n) is 6.14. The number of epoxide rings is 1. The number of esters is 1. The van der Waals surface area contributed by atoms with Crippen LogP contribution in [0.15, 0.2) is 0 Å². The molecule has 3 atom stereocenters. The molecule has 0 aromatic carbocycles. The Morgan fingerprint density at radius 2 is 1.23 bits per heavy atom. The highest BCUT2D eigenvalue weighted by atomic mass is 16.6. The highest BCUT2D eigenvalue weighted by molar-refractivity contribution is 5.69. The summed E-state index contributed by atoms with van der Waals surface area (Å²) < 4.78 is 10.2. The summed E-state index contributed by atoms with van der Waals surface area (Å²) in [6, 6.07) is 0. The van der Waals surface area contributed by atoms with Crippen LogP contribution < -0.4 is 0 Å². The molecule has 1 heterocycles. The van der Waals surface area contributed by atoms with Gasteiger partial charge in [0, 0.05) is 12.8 Å². The smallest absolute Gasteiger partial charge is 0.305 e. The fourth-order valence-electron chi connectivity index (χ4n) is 3.93. The van der Waals surface area contributed by atoms with Crippen LogP contribution in [0.5, 0.6) is 0 Å². The zero-order chi connectivity index (χ0) is 22.0. The molecule has 1 rings (SSSR count). The van der Waals surface area contributed by atoms with Crippen LogP contribution in [0.3, 0.4) is 0 Å². The highest BCUT2D eigenvalue weighted by Gasteiger charge is 2.23. The van der Waals surface area contributed by atoms with E-state index in [1.807, 2.05) is 0 Å². The van der Waals surface area contributed by atoms with Gasteiger partial charge in [-0.25, -0.2) is 0 Å². The summed E-state index contributed by atoms with van der Waals surface area (Å²) in [5, 5.41) is 8.63. The molecule has 0 aliphatic carbocycles. The monoisotopic (exact) mass is 426 g/mol. The van der Waals surface area contributed by atoms with E-state index in [1.165, 1.54) is 64.2 Å². The number of ether oxygens (including phenoxy) is 2. The van der Waals surface area contributed by atoms with Crippen LogP contribution in [0.2, 0.25) is 0 Å². The van der Waals surface area contributed by atoms with E-state index in [0.717, 1.165) is 44.1 Å². The lowest BCUT2D eigenvalue weighted by atomic mass is 9.93. The molecule has 0 bridgehead atoms. The molecule has 1 aliphatic rings. The molecule has 0 aromatic heterocycles. The summed E-state index contributed by atoms with van der Waals surface area (Å²) >= 11 is 0. The third-order valence-corrected chi connectivity index (χ3v) is 6.14. The van der Waals surface area contributed by atoms with E-state index in [4.69, 9.17) is 14.6 Å². The number of aliphatic carboxylic acids is 1. The topological polar surface area (TPSA) is 76.1 Å². The number of hydrogen-bond acceptors (Lipinski definition) is 4. The molecular weight excluding hydrogens is 380 g/mol. The Kier molecular flexibility index (Phi) is 15.8. The van der Waals surface area contributed by atoms with Crippen molar-refractivity contribution in [2.75, 3.05) is 13.2 Å². The normalized spacial score (nSPS) is 17.5. The third kappa shape index (κ3) is 17.7. The van der Waals surface area contributed by atoms with E-state index in [2.05, 4.69) is 13.8 Å². The zero-order valence-corrected chi connectivity index (χ0v) is 19.5. The van der Waals surface area contributed by atoms with Crippen molar-refractivity contribution in [3.05, 3.63) is 0 Å². The largest absolute Gasteiger partial charge is 0.481 e. The van der Waals surface area contributed by atoms with E-state index in [1.54, 1.807) is 0 Å². The average Bonchev–Trinajstić information content (AvgIpc) is 3.53. The summed E-state index contributed by atoms with van der Waals surface area (Å²) in [6.45, 7) is 5.90. The lowest BCUT2D eigenvalue weighted by Gasteiger charge is -2.13. The molecule has 3 unspecified atom stereocenters. The lowest BCUT2D eigenvalue weighted by molar-refractivity contribution is -0.144. The lowest BCUT2D eigenvalue weighted by Crippen LogP contribution is -2.09.